The lowest BCUT2D eigenvalue weighted by atomic mass is 10.4. The molecule has 0 aliphatic carbocycles. The molecule has 0 aromatic heterocycles. The molecule has 0 radical (unpaired) electrons. The van der Waals surface area contributed by atoms with Crippen molar-refractivity contribution in [2.75, 3.05) is 6.61 Å². The molecule has 0 bridgehead atoms. The monoisotopic (exact) mass is 124 g/mol. The Bertz CT molecular complexity index is 172. The Morgan fingerprint density at radius 1 is 1.44 bits per heavy atom. The van der Waals surface area contributed by atoms with Crippen LogP contribution < -0.4 is 5.32 Å². The number of nitrogens with one attached hydrogen (secondary N) is 1. The van der Waals surface area contributed by atoms with Gasteiger partial charge in [0.05, 0.1) is 6.61 Å². The van der Waals surface area contributed by atoms with Crippen LogP contribution in [0.25, 0.3) is 0 Å². The second-order valence-corrected chi connectivity index (χ2v) is 1.74. The van der Waals surface area contributed by atoms with Crippen molar-refractivity contribution in [2.24, 2.45) is 0 Å². The summed E-state index contributed by atoms with van der Waals surface area (Å²) in [5.41, 5.74) is 0.819. The predicted molar refractivity (Wildman–Crippen MR) is 37.7 cm³/mol. The molecule has 0 saturated carbocycles. The lowest BCUT2D eigenvalue weighted by Crippen LogP contribution is -2.07. The van der Waals surface area contributed by atoms with Gasteiger partial charge in [-0.1, -0.05) is 12.2 Å². The number of hydrogen-bond acceptors (Lipinski definition) is 2. The molecule has 1 rings (SSSR count). The number of aliphatic hydroxyl groups is 1. The van der Waals surface area contributed by atoms with E-state index in [-0.39, 0.29) is 8.03 Å². The zero-order chi connectivity index (χ0) is 6.53. The lowest BCUT2D eigenvalue weighted by molar-refractivity contribution is 0.325. The molecule has 0 spiro atoms. The summed E-state index contributed by atoms with van der Waals surface area (Å²) < 4.78 is 0. The Balaban J connectivity index is 0.000000810. The number of allylic oxidation sites excluding steroid dienone is 4. The van der Waals surface area contributed by atoms with Gasteiger partial charge in [0, 0.05) is 11.9 Å². The van der Waals surface area contributed by atoms with Crippen LogP contribution in [0.2, 0.25) is 0 Å². The van der Waals surface area contributed by atoms with Crippen molar-refractivity contribution in [2.45, 2.75) is 0 Å². The molecule has 2 heteroatoms. The molecule has 0 atom stereocenters. The van der Waals surface area contributed by atoms with Crippen molar-refractivity contribution in [1.29, 1.82) is 0 Å². The zero-order valence-electron chi connectivity index (χ0n) is 6.04. The van der Waals surface area contributed by atoms with Crippen LogP contribution in [-0.2, 0) is 0 Å². The highest BCUT2D eigenvalue weighted by Crippen LogP contribution is 1.92. The molecular weight excluding hydrogens is 114 g/mol. The average molecular weight is 124 g/mol. The van der Waals surface area contributed by atoms with Crippen LogP contribution in [0.4, 0.5) is 0 Å². The third-order valence-electron chi connectivity index (χ3n) is 1.05. The van der Waals surface area contributed by atoms with Crippen LogP contribution in [0.15, 0.2) is 36.2 Å². The first-order valence-electron chi connectivity index (χ1n) is 2.83. The molecule has 2 N–H and O–H groups in total. The van der Waals surface area contributed by atoms with E-state index in [1.807, 2.05) is 24.3 Å². The smallest absolute Gasteiger partial charge is 0.390 e. The van der Waals surface area contributed by atoms with Gasteiger partial charge in [0.15, 0.2) is 0 Å². The molecule has 1 aliphatic heterocycles. The second kappa shape index (κ2) is 3.10. The number of hydrogen-bond donors (Lipinski definition) is 2. The summed E-state index contributed by atoms with van der Waals surface area (Å²) in [5.74, 6) is 0. The van der Waals surface area contributed by atoms with Crippen LogP contribution in [0.1, 0.15) is 1.43 Å². The fourth-order valence-electron chi connectivity index (χ4n) is 0.593. The second-order valence-electron chi connectivity index (χ2n) is 1.74. The molecule has 0 aromatic rings. The molecule has 48 valence electrons. The Hall–Kier alpha value is -1.02. The van der Waals surface area contributed by atoms with Crippen molar-refractivity contribution >= 4 is 0 Å². The van der Waals surface area contributed by atoms with Gasteiger partial charge in [-0.05, 0) is 12.2 Å². The molecule has 0 saturated heterocycles. The van der Waals surface area contributed by atoms with Crippen molar-refractivity contribution in [3.05, 3.63) is 36.2 Å². The molecule has 9 heavy (non-hydrogen) atoms. The Labute approximate surface area is 55.7 Å². The highest BCUT2D eigenvalue weighted by Gasteiger charge is 1.88. The molecule has 0 amide bonds. The van der Waals surface area contributed by atoms with Crippen LogP contribution in [-0.4, -0.2) is 11.7 Å². The third-order valence-corrected chi connectivity index (χ3v) is 1.05. The van der Waals surface area contributed by atoms with E-state index in [1.165, 1.54) is 0 Å². The van der Waals surface area contributed by atoms with Crippen LogP contribution >= 0.6 is 0 Å². The van der Waals surface area contributed by atoms with Gasteiger partial charge in [-0.25, -0.2) is 0 Å². The molecule has 0 unspecified atom stereocenters. The SMILES string of the molecule is OCC1=CC=CC=CN1.[H+]. The van der Waals surface area contributed by atoms with E-state index in [4.69, 9.17) is 5.11 Å². The first-order valence-corrected chi connectivity index (χ1v) is 2.83. The molecular formula is C7H10NO+. The highest BCUT2D eigenvalue weighted by atomic mass is 16.3. The van der Waals surface area contributed by atoms with Crippen molar-refractivity contribution < 1.29 is 6.53 Å². The fourth-order valence-corrected chi connectivity index (χ4v) is 0.593. The topological polar surface area (TPSA) is 32.3 Å². The molecule has 0 fully saturated rings. The van der Waals surface area contributed by atoms with Gasteiger partial charge < -0.3 is 10.4 Å². The van der Waals surface area contributed by atoms with Crippen molar-refractivity contribution in [1.82, 2.24) is 5.32 Å². The molecule has 0 aromatic carbocycles. The van der Waals surface area contributed by atoms with Gasteiger partial charge in [-0.2, -0.15) is 0 Å². The van der Waals surface area contributed by atoms with E-state index in [2.05, 4.69) is 5.32 Å². The van der Waals surface area contributed by atoms with Gasteiger partial charge in [0.25, 0.3) is 0 Å². The summed E-state index contributed by atoms with van der Waals surface area (Å²) in [5, 5.41) is 11.5. The predicted octanol–water partition coefficient (Wildman–Crippen LogP) is 0.648. The van der Waals surface area contributed by atoms with Gasteiger partial charge in [0.2, 0.25) is 0 Å². The van der Waals surface area contributed by atoms with E-state index in [0.29, 0.717) is 0 Å². The third kappa shape index (κ3) is 1.74. The van der Waals surface area contributed by atoms with E-state index < -0.39 is 0 Å². The van der Waals surface area contributed by atoms with E-state index >= 15 is 0 Å². The minimum absolute atomic E-state index is 0. The first-order chi connectivity index (χ1) is 4.43. The largest absolute Gasteiger partial charge is 1.00 e. The van der Waals surface area contributed by atoms with Gasteiger partial charge in [0.1, 0.15) is 0 Å². The minimum Gasteiger partial charge on any atom is -0.390 e. The maximum Gasteiger partial charge on any atom is 1.00 e. The first kappa shape index (κ1) is 6.11. The van der Waals surface area contributed by atoms with E-state index in [0.717, 1.165) is 5.70 Å². The molecule has 1 heterocycles. The normalized spacial score (nSPS) is 16.3. The van der Waals surface area contributed by atoms with Gasteiger partial charge in [-0.3, -0.25) is 0 Å². The number of rotatable bonds is 1. The van der Waals surface area contributed by atoms with E-state index in [1.54, 1.807) is 6.20 Å². The lowest BCUT2D eigenvalue weighted by Gasteiger charge is -1.98. The van der Waals surface area contributed by atoms with Crippen molar-refractivity contribution in [3.63, 3.8) is 0 Å². The summed E-state index contributed by atoms with van der Waals surface area (Å²) in [6.07, 6.45) is 9.27. The average Bonchev–Trinajstić information content (AvgIpc) is 2.13. The maximum absolute atomic E-state index is 8.62. The Kier molecular flexibility index (Phi) is 2.10. The summed E-state index contributed by atoms with van der Waals surface area (Å²) in [6, 6.07) is 0. The summed E-state index contributed by atoms with van der Waals surface area (Å²) in [4.78, 5) is 0. The minimum atomic E-state index is 0. The van der Waals surface area contributed by atoms with E-state index in [9.17, 15) is 0 Å². The van der Waals surface area contributed by atoms with Gasteiger partial charge >= 0.3 is 1.43 Å². The standard InChI is InChI=1S/C7H9NO/c9-6-7-4-2-1-3-5-8-7/h1-5,8-9H,6H2/p+1. The zero-order valence-corrected chi connectivity index (χ0v) is 5.04. The fraction of sp³-hybridized carbons (Fsp3) is 0.143. The van der Waals surface area contributed by atoms with Crippen LogP contribution in [0.3, 0.4) is 0 Å². The van der Waals surface area contributed by atoms with Crippen LogP contribution in [0, 0.1) is 0 Å². The summed E-state index contributed by atoms with van der Waals surface area (Å²) in [6.45, 7) is 0.0642. The Morgan fingerprint density at radius 2 is 2.33 bits per heavy atom. The molecule has 2 nitrogen and oxygen atoms in total. The molecule has 1 aliphatic rings. The summed E-state index contributed by atoms with van der Waals surface area (Å²) in [7, 11) is 0. The van der Waals surface area contributed by atoms with Crippen molar-refractivity contribution in [3.8, 4) is 0 Å². The highest BCUT2D eigenvalue weighted by molar-refractivity contribution is 5.20. The van der Waals surface area contributed by atoms with Gasteiger partial charge in [-0.15, -0.1) is 0 Å². The quantitative estimate of drug-likeness (QED) is 0.538. The Morgan fingerprint density at radius 3 is 3.11 bits per heavy atom. The van der Waals surface area contributed by atoms with Crippen LogP contribution in [0.5, 0.6) is 0 Å². The summed E-state index contributed by atoms with van der Waals surface area (Å²) >= 11 is 0. The number of aliphatic hydroxyl groups excluding tert-OH is 1. The maximum atomic E-state index is 8.62.